The molecule has 0 aliphatic carbocycles. The molecule has 1 aromatic heterocycles. The Balaban J connectivity index is 1.75. The highest BCUT2D eigenvalue weighted by atomic mass is 35.5. The number of rotatable bonds is 9. The summed E-state index contributed by atoms with van der Waals surface area (Å²) >= 11 is 12.7. The number of fused-ring (bicyclic) bond motifs is 1. The van der Waals surface area contributed by atoms with Crippen LogP contribution in [0.2, 0.25) is 10.0 Å². The number of carbonyl (C=O) groups excluding carboxylic acids is 1. The molecule has 0 saturated carbocycles. The summed E-state index contributed by atoms with van der Waals surface area (Å²) in [6.07, 6.45) is 1.01. The first kappa shape index (κ1) is 31.7. The lowest BCUT2D eigenvalue weighted by molar-refractivity contribution is -0.110. The number of carbonyl (C=O) groups is 1. The van der Waals surface area contributed by atoms with E-state index < -0.39 is 21.5 Å². The minimum absolute atomic E-state index is 0.0322. The van der Waals surface area contributed by atoms with Crippen LogP contribution in [0.15, 0.2) is 94.7 Å². The van der Waals surface area contributed by atoms with Crippen molar-refractivity contribution in [3.8, 4) is 5.69 Å². The fraction of sp³-hybridized carbons (Fsp3) is 0.125. The van der Waals surface area contributed by atoms with Crippen LogP contribution in [-0.4, -0.2) is 42.4 Å². The van der Waals surface area contributed by atoms with Gasteiger partial charge in [-0.1, -0.05) is 41.4 Å². The van der Waals surface area contributed by atoms with E-state index in [0.29, 0.717) is 21.9 Å². The summed E-state index contributed by atoms with van der Waals surface area (Å²) in [6.45, 7) is 4.56. The van der Waals surface area contributed by atoms with E-state index in [4.69, 9.17) is 33.2 Å². The summed E-state index contributed by atoms with van der Waals surface area (Å²) in [4.78, 5) is 37.8. The van der Waals surface area contributed by atoms with E-state index in [1.54, 1.807) is 48.5 Å². The van der Waals surface area contributed by atoms with Crippen molar-refractivity contribution < 1.29 is 13.2 Å². The number of nitrogens with one attached hydrogen (secondary N) is 3. The average molecular weight is 664 g/mol. The van der Waals surface area contributed by atoms with Gasteiger partial charge in [-0.2, -0.15) is 0 Å². The summed E-state index contributed by atoms with van der Waals surface area (Å²) < 4.78 is 27.4. The van der Waals surface area contributed by atoms with Crippen LogP contribution in [0.25, 0.3) is 16.6 Å². The van der Waals surface area contributed by atoms with Gasteiger partial charge >= 0.3 is 0 Å². The van der Waals surface area contributed by atoms with Crippen molar-refractivity contribution in [1.82, 2.24) is 9.55 Å². The number of aliphatic imine (C=N–C) groups is 1. The maximum absolute atomic E-state index is 14.2. The Hall–Kier alpha value is -4.71. The number of halogens is 2. The number of benzene rings is 4. The summed E-state index contributed by atoms with van der Waals surface area (Å²) in [5.41, 5.74) is 2.51. The Bertz CT molecular complexity index is 2130. The Morgan fingerprint density at radius 3 is 2.38 bits per heavy atom. The molecule has 0 unspecified atom stereocenters. The standard InChI is InChI=1S/C32H28Cl2N6O4S/c1-4-35-21-12-15-26(19(2)16-21)36-29(31(41)38-28-18-22(11-13-25(28)34)39-45(3,43)44)30-37-27-14-10-20(33)17-24(27)32(42)40(30)23-8-6-5-7-9-23/h5-18,35,39H,4H2,1-3H3,(H,38,41). The average Bonchev–Trinajstić information content (AvgIpc) is 2.98. The van der Waals surface area contributed by atoms with E-state index in [-0.39, 0.29) is 33.3 Å². The monoisotopic (exact) mass is 662 g/mol. The third-order valence-electron chi connectivity index (χ3n) is 6.60. The second-order valence-corrected chi connectivity index (χ2v) is 12.7. The molecule has 0 saturated heterocycles. The molecule has 0 aliphatic heterocycles. The first-order chi connectivity index (χ1) is 21.4. The van der Waals surface area contributed by atoms with Crippen molar-refractivity contribution in [1.29, 1.82) is 0 Å². The van der Waals surface area contributed by atoms with E-state index in [2.05, 4.69) is 15.4 Å². The predicted octanol–water partition coefficient (Wildman–Crippen LogP) is 6.56. The van der Waals surface area contributed by atoms with Crippen LogP contribution in [0.3, 0.4) is 0 Å². The molecule has 5 rings (SSSR count). The van der Waals surface area contributed by atoms with E-state index in [0.717, 1.165) is 24.1 Å². The SMILES string of the molecule is CCNc1ccc(N=C(C(=O)Nc2cc(NS(C)(=O)=O)ccc2Cl)c2nc3ccc(Cl)cc3c(=O)n2-c2ccccc2)c(C)c1. The molecule has 0 radical (unpaired) electrons. The fourth-order valence-electron chi connectivity index (χ4n) is 4.63. The van der Waals surface area contributed by atoms with Crippen LogP contribution < -0.4 is 20.9 Å². The largest absolute Gasteiger partial charge is 0.385 e. The Labute approximate surface area is 269 Å². The molecule has 0 spiro atoms. The van der Waals surface area contributed by atoms with Crippen LogP contribution in [0.1, 0.15) is 18.3 Å². The molecule has 1 heterocycles. The maximum Gasteiger partial charge on any atom is 0.278 e. The molecule has 45 heavy (non-hydrogen) atoms. The van der Waals surface area contributed by atoms with Gasteiger partial charge in [-0.3, -0.25) is 18.9 Å². The third-order valence-corrected chi connectivity index (χ3v) is 7.77. The zero-order chi connectivity index (χ0) is 32.3. The molecule has 230 valence electrons. The van der Waals surface area contributed by atoms with Gasteiger partial charge in [0.1, 0.15) is 0 Å². The van der Waals surface area contributed by atoms with Crippen molar-refractivity contribution >= 4 is 78.5 Å². The summed E-state index contributed by atoms with van der Waals surface area (Å²) in [6, 6.07) is 23.3. The number of anilines is 3. The van der Waals surface area contributed by atoms with Gasteiger partial charge in [-0.05, 0) is 86.1 Å². The van der Waals surface area contributed by atoms with Crippen molar-refractivity contribution in [3.05, 3.63) is 117 Å². The lowest BCUT2D eigenvalue weighted by Gasteiger charge is -2.17. The second kappa shape index (κ2) is 13.1. The number of sulfonamides is 1. The summed E-state index contributed by atoms with van der Waals surface area (Å²) in [7, 11) is -3.60. The zero-order valence-electron chi connectivity index (χ0n) is 24.4. The molecule has 5 aromatic rings. The number of aryl methyl sites for hydroxylation is 1. The van der Waals surface area contributed by atoms with Crippen LogP contribution >= 0.6 is 23.2 Å². The van der Waals surface area contributed by atoms with Crippen LogP contribution in [0.5, 0.6) is 0 Å². The van der Waals surface area contributed by atoms with Crippen molar-refractivity contribution in [2.45, 2.75) is 13.8 Å². The van der Waals surface area contributed by atoms with Crippen molar-refractivity contribution in [3.63, 3.8) is 0 Å². The normalized spacial score (nSPS) is 11.8. The topological polar surface area (TPSA) is 135 Å². The van der Waals surface area contributed by atoms with E-state index in [9.17, 15) is 18.0 Å². The van der Waals surface area contributed by atoms with Gasteiger partial charge in [0.15, 0.2) is 11.5 Å². The molecule has 0 fully saturated rings. The summed E-state index contributed by atoms with van der Waals surface area (Å²) in [5.74, 6) is -0.774. The van der Waals surface area contributed by atoms with Gasteiger partial charge < -0.3 is 10.6 Å². The number of hydrogen-bond donors (Lipinski definition) is 3. The van der Waals surface area contributed by atoms with Crippen molar-refractivity contribution in [2.75, 3.05) is 28.2 Å². The molecule has 10 nitrogen and oxygen atoms in total. The van der Waals surface area contributed by atoms with Gasteiger partial charge in [0.2, 0.25) is 10.0 Å². The molecule has 0 atom stereocenters. The molecule has 0 bridgehead atoms. The molecule has 4 aromatic carbocycles. The van der Waals surface area contributed by atoms with Gasteiger partial charge in [-0.25, -0.2) is 18.4 Å². The second-order valence-electron chi connectivity index (χ2n) is 10.1. The number of hydrogen-bond acceptors (Lipinski definition) is 7. The molecule has 0 aliphatic rings. The van der Waals surface area contributed by atoms with E-state index in [1.807, 2.05) is 26.0 Å². The smallest absolute Gasteiger partial charge is 0.278 e. The molecule has 3 N–H and O–H groups in total. The molecular formula is C32H28Cl2N6O4S. The van der Waals surface area contributed by atoms with Gasteiger partial charge in [0, 0.05) is 17.3 Å². The Kier molecular flexibility index (Phi) is 9.24. The van der Waals surface area contributed by atoms with E-state index in [1.165, 1.54) is 28.8 Å². The Morgan fingerprint density at radius 2 is 1.69 bits per heavy atom. The van der Waals surface area contributed by atoms with Crippen LogP contribution in [0.4, 0.5) is 22.7 Å². The van der Waals surface area contributed by atoms with Gasteiger partial charge in [0.05, 0.1) is 44.9 Å². The maximum atomic E-state index is 14.2. The lowest BCUT2D eigenvalue weighted by atomic mass is 10.1. The first-order valence-corrected chi connectivity index (χ1v) is 16.4. The first-order valence-electron chi connectivity index (χ1n) is 13.7. The minimum atomic E-state index is -3.60. The quantitative estimate of drug-likeness (QED) is 0.153. The highest BCUT2D eigenvalue weighted by molar-refractivity contribution is 7.92. The molecular weight excluding hydrogens is 635 g/mol. The summed E-state index contributed by atoms with van der Waals surface area (Å²) in [5, 5.41) is 6.74. The third kappa shape index (κ3) is 7.34. The molecule has 1 amide bonds. The number of amides is 1. The van der Waals surface area contributed by atoms with E-state index >= 15 is 0 Å². The fourth-order valence-corrected chi connectivity index (χ4v) is 5.52. The molecule has 13 heteroatoms. The zero-order valence-corrected chi connectivity index (χ0v) is 26.8. The van der Waals surface area contributed by atoms with Gasteiger partial charge in [0.25, 0.3) is 11.5 Å². The van der Waals surface area contributed by atoms with Crippen LogP contribution in [-0.2, 0) is 14.8 Å². The highest BCUT2D eigenvalue weighted by Crippen LogP contribution is 2.28. The highest BCUT2D eigenvalue weighted by Gasteiger charge is 2.25. The number of aromatic nitrogens is 2. The van der Waals surface area contributed by atoms with Gasteiger partial charge in [-0.15, -0.1) is 0 Å². The Morgan fingerprint density at radius 1 is 0.956 bits per heavy atom. The minimum Gasteiger partial charge on any atom is -0.385 e. The number of para-hydroxylation sites is 1. The predicted molar refractivity (Wildman–Crippen MR) is 182 cm³/mol. The number of nitrogens with zero attached hydrogens (tertiary/aromatic N) is 3. The lowest BCUT2D eigenvalue weighted by Crippen LogP contribution is -2.33. The van der Waals surface area contributed by atoms with Crippen LogP contribution in [0, 0.1) is 6.92 Å². The van der Waals surface area contributed by atoms with Crippen molar-refractivity contribution in [2.24, 2.45) is 4.99 Å².